The van der Waals surface area contributed by atoms with Crippen LogP contribution in [-0.4, -0.2) is 6.71 Å². The summed E-state index contributed by atoms with van der Waals surface area (Å²) in [6, 6.07) is 107. The SMILES string of the molecule is c1ccc(-c2ccc(N3c4cc(-c5ccc6c(c5)-c5ccccc5C65c6ccccc6-c6ccccc65)cc5c4B(c4c3ccc3ccccc43)c3c(ccc4ccccc34)N5c3ccc(-c4ccccc4)cc3)cc2)cc1. The van der Waals surface area contributed by atoms with E-state index < -0.39 is 5.41 Å². The second-order valence-electron chi connectivity index (χ2n) is 21.4. The molecule has 13 aromatic carbocycles. The van der Waals surface area contributed by atoms with Gasteiger partial charge in [0.05, 0.1) is 5.41 Å². The first-order valence-corrected chi connectivity index (χ1v) is 27.3. The Bertz CT molecular complexity index is 4380. The number of hydrogen-bond donors (Lipinski definition) is 0. The lowest BCUT2D eigenvalue weighted by Crippen LogP contribution is -2.61. The molecule has 13 aromatic rings. The molecule has 2 aliphatic heterocycles. The Balaban J connectivity index is 0.960. The summed E-state index contributed by atoms with van der Waals surface area (Å²) in [4.78, 5) is 5.15. The van der Waals surface area contributed by atoms with Crippen molar-refractivity contribution in [1.82, 2.24) is 0 Å². The highest BCUT2D eigenvalue weighted by Crippen LogP contribution is 2.63. The van der Waals surface area contributed by atoms with Crippen molar-refractivity contribution < 1.29 is 0 Å². The summed E-state index contributed by atoms with van der Waals surface area (Å²) < 4.78 is 0. The average molecular weight is 987 g/mol. The number of benzene rings is 13. The van der Waals surface area contributed by atoms with E-state index in [1.807, 2.05) is 0 Å². The maximum Gasteiger partial charge on any atom is 0.253 e. The highest BCUT2D eigenvalue weighted by atomic mass is 15.2. The number of rotatable bonds is 5. The van der Waals surface area contributed by atoms with Crippen molar-refractivity contribution in [1.29, 1.82) is 0 Å². The molecular weight excluding hydrogens is 940 g/mol. The fourth-order valence-electron chi connectivity index (χ4n) is 14.4. The normalized spacial score (nSPS) is 13.7. The van der Waals surface area contributed by atoms with Gasteiger partial charge in [-0.1, -0.05) is 231 Å². The van der Waals surface area contributed by atoms with Crippen molar-refractivity contribution in [3.05, 3.63) is 307 Å². The molecule has 1 spiro atoms. The zero-order chi connectivity index (χ0) is 51.1. The van der Waals surface area contributed by atoms with Crippen molar-refractivity contribution in [2.75, 3.05) is 9.80 Å². The first-order chi connectivity index (χ1) is 38.7. The van der Waals surface area contributed by atoms with E-state index in [4.69, 9.17) is 0 Å². The molecule has 0 bridgehead atoms. The minimum atomic E-state index is -0.420. The van der Waals surface area contributed by atoms with E-state index in [0.29, 0.717) is 0 Å². The molecule has 17 rings (SSSR count). The van der Waals surface area contributed by atoms with Gasteiger partial charge in [0, 0.05) is 34.1 Å². The summed E-state index contributed by atoms with van der Waals surface area (Å²) in [7, 11) is 0. The van der Waals surface area contributed by atoms with E-state index in [2.05, 4.69) is 295 Å². The lowest BCUT2D eigenvalue weighted by Gasteiger charge is -2.45. The molecule has 3 heteroatoms. The van der Waals surface area contributed by atoms with Gasteiger partial charge in [0.2, 0.25) is 0 Å². The molecule has 0 fully saturated rings. The number of anilines is 6. The molecule has 2 nitrogen and oxygen atoms in total. The zero-order valence-electron chi connectivity index (χ0n) is 42.6. The van der Waals surface area contributed by atoms with E-state index in [0.717, 1.165) is 11.4 Å². The predicted octanol–water partition coefficient (Wildman–Crippen LogP) is 17.4. The second kappa shape index (κ2) is 16.5. The summed E-state index contributed by atoms with van der Waals surface area (Å²) in [5, 5.41) is 5.02. The number of nitrogens with zero attached hydrogens (tertiary/aromatic N) is 2. The van der Waals surface area contributed by atoms with Crippen LogP contribution < -0.4 is 26.2 Å². The molecule has 0 unspecified atom stereocenters. The first-order valence-electron chi connectivity index (χ1n) is 27.3. The fourth-order valence-corrected chi connectivity index (χ4v) is 14.4. The van der Waals surface area contributed by atoms with E-state index in [-0.39, 0.29) is 6.71 Å². The molecule has 0 amide bonds. The van der Waals surface area contributed by atoms with Gasteiger partial charge in [-0.25, -0.2) is 0 Å². The van der Waals surface area contributed by atoms with Crippen molar-refractivity contribution in [2.45, 2.75) is 5.41 Å². The first kappa shape index (κ1) is 43.3. The Morgan fingerprint density at radius 1 is 0.244 bits per heavy atom. The molecule has 360 valence electrons. The lowest BCUT2D eigenvalue weighted by atomic mass is 9.32. The molecule has 0 saturated carbocycles. The number of fused-ring (bicyclic) bond motifs is 18. The molecular formula is C75H47BN2. The molecule has 0 aromatic heterocycles. The van der Waals surface area contributed by atoms with Crippen LogP contribution in [0.1, 0.15) is 22.3 Å². The van der Waals surface area contributed by atoms with Gasteiger partial charge in [0.1, 0.15) is 0 Å². The molecule has 4 aliphatic rings. The highest BCUT2D eigenvalue weighted by molar-refractivity contribution is 7.03. The second-order valence-corrected chi connectivity index (χ2v) is 21.4. The zero-order valence-corrected chi connectivity index (χ0v) is 42.6. The van der Waals surface area contributed by atoms with Gasteiger partial charge in [-0.3, -0.25) is 0 Å². The largest absolute Gasteiger partial charge is 0.311 e. The van der Waals surface area contributed by atoms with Crippen LogP contribution in [0, 0.1) is 0 Å². The Hall–Kier alpha value is -9.96. The summed E-state index contributed by atoms with van der Waals surface area (Å²) in [6.45, 7) is -0.0832. The maximum absolute atomic E-state index is 2.58. The Kier molecular flexibility index (Phi) is 9.17. The van der Waals surface area contributed by atoms with Crippen LogP contribution in [0.4, 0.5) is 34.1 Å². The Morgan fingerprint density at radius 2 is 0.628 bits per heavy atom. The third-order valence-corrected chi connectivity index (χ3v) is 17.7. The van der Waals surface area contributed by atoms with Crippen LogP contribution in [0.25, 0.3) is 77.2 Å². The Morgan fingerprint density at radius 3 is 1.12 bits per heavy atom. The quantitative estimate of drug-likeness (QED) is 0.159. The van der Waals surface area contributed by atoms with Crippen LogP contribution in [0.2, 0.25) is 0 Å². The smallest absolute Gasteiger partial charge is 0.253 e. The standard InChI is InChI=1S/C75H47BN2/c1-3-17-48(18-4-1)50-31-38-56(39-32-50)77-68-43-36-52-21-7-9-23-58(52)72(68)76-73-59-24-10-8-22-53(59)37-44-69(73)78(57-40-33-51(34-41-57)49-19-5-2-6-20-49)71-47-55(46-70(77)74(71)76)54-35-42-67-63(45-54)62-27-13-16-30-66(62)75(67)64-28-14-11-25-60(64)61-26-12-15-29-65(61)75/h1-47H. The van der Waals surface area contributed by atoms with E-state index in [9.17, 15) is 0 Å². The van der Waals surface area contributed by atoms with Crippen LogP contribution in [0.5, 0.6) is 0 Å². The fraction of sp³-hybridized carbons (Fsp3) is 0.0133. The van der Waals surface area contributed by atoms with E-state index in [1.54, 1.807) is 0 Å². The summed E-state index contributed by atoms with van der Waals surface area (Å²) in [6.07, 6.45) is 0. The lowest BCUT2D eigenvalue weighted by molar-refractivity contribution is 0.794. The maximum atomic E-state index is 2.58. The van der Waals surface area contributed by atoms with Crippen molar-refractivity contribution in [3.8, 4) is 55.6 Å². The average Bonchev–Trinajstić information content (AvgIpc) is 4.10. The monoisotopic (exact) mass is 986 g/mol. The van der Waals surface area contributed by atoms with Crippen molar-refractivity contribution in [2.24, 2.45) is 0 Å². The van der Waals surface area contributed by atoms with Crippen molar-refractivity contribution in [3.63, 3.8) is 0 Å². The summed E-state index contributed by atoms with van der Waals surface area (Å²) in [5.74, 6) is 0. The topological polar surface area (TPSA) is 6.48 Å². The Labute approximate surface area is 454 Å². The van der Waals surface area contributed by atoms with Gasteiger partial charge in [-0.05, 0) is 170 Å². The van der Waals surface area contributed by atoms with Gasteiger partial charge >= 0.3 is 0 Å². The van der Waals surface area contributed by atoms with Crippen LogP contribution in [-0.2, 0) is 5.41 Å². The van der Waals surface area contributed by atoms with Gasteiger partial charge in [0.25, 0.3) is 6.71 Å². The van der Waals surface area contributed by atoms with Gasteiger partial charge in [-0.15, -0.1) is 0 Å². The highest BCUT2D eigenvalue weighted by Gasteiger charge is 2.52. The van der Waals surface area contributed by atoms with Gasteiger partial charge in [-0.2, -0.15) is 0 Å². The van der Waals surface area contributed by atoms with Crippen LogP contribution in [0.3, 0.4) is 0 Å². The predicted molar refractivity (Wildman–Crippen MR) is 328 cm³/mol. The molecule has 0 radical (unpaired) electrons. The van der Waals surface area contributed by atoms with Crippen LogP contribution >= 0.6 is 0 Å². The third kappa shape index (κ3) is 5.99. The molecule has 0 N–H and O–H groups in total. The molecule has 2 heterocycles. The number of hydrogen-bond acceptors (Lipinski definition) is 2. The minimum Gasteiger partial charge on any atom is -0.311 e. The molecule has 0 saturated heterocycles. The van der Waals surface area contributed by atoms with Crippen LogP contribution in [0.15, 0.2) is 285 Å². The van der Waals surface area contributed by atoms with E-state index in [1.165, 1.54) is 139 Å². The summed E-state index contributed by atoms with van der Waals surface area (Å²) in [5.41, 5.74) is 28.3. The third-order valence-electron chi connectivity index (χ3n) is 17.7. The van der Waals surface area contributed by atoms with Crippen molar-refractivity contribution >= 4 is 78.8 Å². The van der Waals surface area contributed by atoms with Gasteiger partial charge in [0.15, 0.2) is 0 Å². The minimum absolute atomic E-state index is 0.0832. The van der Waals surface area contributed by atoms with Gasteiger partial charge < -0.3 is 9.80 Å². The summed E-state index contributed by atoms with van der Waals surface area (Å²) >= 11 is 0. The molecule has 78 heavy (non-hydrogen) atoms. The molecule has 2 aliphatic carbocycles. The van der Waals surface area contributed by atoms with E-state index >= 15 is 0 Å². The molecule has 0 atom stereocenters.